The molecule has 0 atom stereocenters. The monoisotopic (exact) mass is 265 g/mol. The maximum Gasteiger partial charge on any atom is 0.0946 e. The smallest absolute Gasteiger partial charge is 0.0946 e. The summed E-state index contributed by atoms with van der Waals surface area (Å²) in [7, 11) is 0. The third kappa shape index (κ3) is 2.83. The lowest BCUT2D eigenvalue weighted by Gasteiger charge is -2.08. The number of anilines is 1. The third-order valence-corrected chi connectivity index (χ3v) is 2.81. The molecule has 1 heterocycles. The van der Waals surface area contributed by atoms with Crippen molar-refractivity contribution < 1.29 is 0 Å². The SMILES string of the molecule is Brc1ccccc1NCCn1ccnc1. The minimum atomic E-state index is 0.888. The number of rotatable bonds is 4. The standard InChI is InChI=1S/C11H12BrN3/c12-10-3-1-2-4-11(10)14-6-8-15-7-5-13-9-15/h1-5,7,9,14H,6,8H2. The number of para-hydroxylation sites is 1. The van der Waals surface area contributed by atoms with Gasteiger partial charge in [0.15, 0.2) is 0 Å². The Kier molecular flexibility index (Phi) is 3.40. The van der Waals surface area contributed by atoms with E-state index in [9.17, 15) is 0 Å². The second-order valence-corrected chi connectivity index (χ2v) is 4.06. The highest BCUT2D eigenvalue weighted by Crippen LogP contribution is 2.20. The van der Waals surface area contributed by atoms with Crippen LogP contribution in [0.15, 0.2) is 47.5 Å². The zero-order valence-corrected chi connectivity index (χ0v) is 9.81. The van der Waals surface area contributed by atoms with Gasteiger partial charge in [0.05, 0.1) is 6.33 Å². The van der Waals surface area contributed by atoms with Gasteiger partial charge in [-0.15, -0.1) is 0 Å². The van der Waals surface area contributed by atoms with Gasteiger partial charge in [0.2, 0.25) is 0 Å². The van der Waals surface area contributed by atoms with Crippen molar-refractivity contribution in [3.63, 3.8) is 0 Å². The minimum Gasteiger partial charge on any atom is -0.382 e. The number of nitrogens with zero attached hydrogens (tertiary/aromatic N) is 2. The van der Waals surface area contributed by atoms with Gasteiger partial charge in [0.25, 0.3) is 0 Å². The van der Waals surface area contributed by atoms with Gasteiger partial charge in [-0.1, -0.05) is 12.1 Å². The van der Waals surface area contributed by atoms with Crippen LogP contribution in [0.25, 0.3) is 0 Å². The van der Waals surface area contributed by atoms with E-state index in [1.165, 1.54) is 0 Å². The van der Waals surface area contributed by atoms with E-state index in [0.29, 0.717) is 0 Å². The highest BCUT2D eigenvalue weighted by Gasteiger charge is 1.96. The lowest BCUT2D eigenvalue weighted by atomic mass is 10.3. The number of nitrogens with one attached hydrogen (secondary N) is 1. The highest BCUT2D eigenvalue weighted by atomic mass is 79.9. The summed E-state index contributed by atoms with van der Waals surface area (Å²) in [5, 5.41) is 3.36. The lowest BCUT2D eigenvalue weighted by molar-refractivity contribution is 0.727. The van der Waals surface area contributed by atoms with Crippen molar-refractivity contribution >= 4 is 21.6 Å². The van der Waals surface area contributed by atoms with E-state index < -0.39 is 0 Å². The Labute approximate surface area is 97.3 Å². The molecule has 0 saturated heterocycles. The first-order valence-electron chi connectivity index (χ1n) is 4.80. The van der Waals surface area contributed by atoms with Crippen molar-refractivity contribution in [3.05, 3.63) is 47.5 Å². The molecular formula is C11H12BrN3. The Balaban J connectivity index is 1.86. The second-order valence-electron chi connectivity index (χ2n) is 3.21. The maximum absolute atomic E-state index is 3.99. The summed E-state index contributed by atoms with van der Waals surface area (Å²) in [4.78, 5) is 3.99. The number of imidazole rings is 1. The van der Waals surface area contributed by atoms with E-state index in [2.05, 4.69) is 32.3 Å². The van der Waals surface area contributed by atoms with E-state index in [1.807, 2.05) is 35.3 Å². The van der Waals surface area contributed by atoms with Crippen LogP contribution in [0, 0.1) is 0 Å². The van der Waals surface area contributed by atoms with Crippen LogP contribution in [0.5, 0.6) is 0 Å². The summed E-state index contributed by atoms with van der Waals surface area (Å²) in [6.45, 7) is 1.81. The fourth-order valence-corrected chi connectivity index (χ4v) is 1.77. The molecular weight excluding hydrogens is 254 g/mol. The average molecular weight is 266 g/mol. The second kappa shape index (κ2) is 4.98. The molecule has 0 saturated carbocycles. The molecule has 0 aliphatic heterocycles. The molecule has 2 rings (SSSR count). The van der Waals surface area contributed by atoms with Crippen LogP contribution in [-0.4, -0.2) is 16.1 Å². The van der Waals surface area contributed by atoms with Crippen LogP contribution in [-0.2, 0) is 6.54 Å². The Hall–Kier alpha value is -1.29. The van der Waals surface area contributed by atoms with Crippen molar-refractivity contribution in [2.24, 2.45) is 0 Å². The molecule has 1 aromatic heterocycles. The van der Waals surface area contributed by atoms with Gasteiger partial charge in [0, 0.05) is 35.6 Å². The first-order valence-corrected chi connectivity index (χ1v) is 5.60. The van der Waals surface area contributed by atoms with E-state index in [0.717, 1.165) is 23.2 Å². The highest BCUT2D eigenvalue weighted by molar-refractivity contribution is 9.10. The van der Waals surface area contributed by atoms with Crippen LogP contribution in [0.1, 0.15) is 0 Å². The first-order chi connectivity index (χ1) is 7.36. The molecule has 0 bridgehead atoms. The van der Waals surface area contributed by atoms with Crippen molar-refractivity contribution in [3.8, 4) is 0 Å². The average Bonchev–Trinajstić information content (AvgIpc) is 2.74. The van der Waals surface area contributed by atoms with E-state index >= 15 is 0 Å². The molecule has 0 fully saturated rings. The molecule has 0 radical (unpaired) electrons. The third-order valence-electron chi connectivity index (χ3n) is 2.12. The molecule has 78 valence electrons. The van der Waals surface area contributed by atoms with E-state index in [-0.39, 0.29) is 0 Å². The topological polar surface area (TPSA) is 29.9 Å². The van der Waals surface area contributed by atoms with Gasteiger partial charge in [-0.25, -0.2) is 4.98 Å². The largest absolute Gasteiger partial charge is 0.382 e. The molecule has 0 aliphatic rings. The van der Waals surface area contributed by atoms with Crippen molar-refractivity contribution in [2.75, 3.05) is 11.9 Å². The van der Waals surface area contributed by atoms with Gasteiger partial charge in [-0.05, 0) is 28.1 Å². The van der Waals surface area contributed by atoms with Gasteiger partial charge < -0.3 is 9.88 Å². The molecule has 0 spiro atoms. The summed E-state index contributed by atoms with van der Waals surface area (Å²) in [5.74, 6) is 0. The van der Waals surface area contributed by atoms with Crippen LogP contribution in [0.2, 0.25) is 0 Å². The molecule has 0 amide bonds. The Morgan fingerprint density at radius 1 is 1.33 bits per heavy atom. The molecule has 2 aromatic rings. The summed E-state index contributed by atoms with van der Waals surface area (Å²) in [6, 6.07) is 8.10. The summed E-state index contributed by atoms with van der Waals surface area (Å²) in [5.41, 5.74) is 1.12. The van der Waals surface area contributed by atoms with Gasteiger partial charge in [-0.3, -0.25) is 0 Å². The van der Waals surface area contributed by atoms with Crippen LogP contribution < -0.4 is 5.32 Å². The van der Waals surface area contributed by atoms with Gasteiger partial charge >= 0.3 is 0 Å². The minimum absolute atomic E-state index is 0.888. The molecule has 0 aliphatic carbocycles. The summed E-state index contributed by atoms with van der Waals surface area (Å²) in [6.07, 6.45) is 5.57. The van der Waals surface area contributed by atoms with Crippen LogP contribution in [0.3, 0.4) is 0 Å². The van der Waals surface area contributed by atoms with Crippen molar-refractivity contribution in [2.45, 2.75) is 6.54 Å². The predicted octanol–water partition coefficient (Wildman–Crippen LogP) is 2.76. The summed E-state index contributed by atoms with van der Waals surface area (Å²) >= 11 is 3.49. The Morgan fingerprint density at radius 3 is 2.93 bits per heavy atom. The molecule has 1 N–H and O–H groups in total. The number of benzene rings is 1. The fourth-order valence-electron chi connectivity index (χ4n) is 1.34. The Morgan fingerprint density at radius 2 is 2.20 bits per heavy atom. The number of hydrogen-bond acceptors (Lipinski definition) is 2. The normalized spacial score (nSPS) is 10.2. The Bertz CT molecular complexity index is 412. The number of hydrogen-bond donors (Lipinski definition) is 1. The zero-order chi connectivity index (χ0) is 10.5. The zero-order valence-electron chi connectivity index (χ0n) is 8.23. The fraction of sp³-hybridized carbons (Fsp3) is 0.182. The first kappa shape index (κ1) is 10.2. The van der Waals surface area contributed by atoms with Gasteiger partial charge in [-0.2, -0.15) is 0 Å². The van der Waals surface area contributed by atoms with E-state index in [1.54, 1.807) is 6.20 Å². The van der Waals surface area contributed by atoms with E-state index in [4.69, 9.17) is 0 Å². The van der Waals surface area contributed by atoms with Crippen molar-refractivity contribution in [1.82, 2.24) is 9.55 Å². The molecule has 0 unspecified atom stereocenters. The quantitative estimate of drug-likeness (QED) is 0.922. The lowest BCUT2D eigenvalue weighted by Crippen LogP contribution is -2.09. The maximum atomic E-state index is 3.99. The van der Waals surface area contributed by atoms with Crippen LogP contribution >= 0.6 is 15.9 Å². The van der Waals surface area contributed by atoms with Crippen molar-refractivity contribution in [1.29, 1.82) is 0 Å². The molecule has 3 nitrogen and oxygen atoms in total. The van der Waals surface area contributed by atoms with Gasteiger partial charge in [0.1, 0.15) is 0 Å². The molecule has 4 heteroatoms. The summed E-state index contributed by atoms with van der Waals surface area (Å²) < 4.78 is 3.14. The predicted molar refractivity (Wildman–Crippen MR) is 64.9 cm³/mol. The molecule has 15 heavy (non-hydrogen) atoms. The number of halogens is 1. The van der Waals surface area contributed by atoms with Crippen LogP contribution in [0.4, 0.5) is 5.69 Å². The molecule has 1 aromatic carbocycles. The number of aromatic nitrogens is 2.